The summed E-state index contributed by atoms with van der Waals surface area (Å²) in [4.78, 5) is 20.6. The van der Waals surface area contributed by atoms with E-state index in [1.54, 1.807) is 33.2 Å². The summed E-state index contributed by atoms with van der Waals surface area (Å²) >= 11 is 0. The second-order valence-corrected chi connectivity index (χ2v) is 5.99. The molecule has 0 aliphatic heterocycles. The van der Waals surface area contributed by atoms with Gasteiger partial charge in [0, 0.05) is 11.9 Å². The van der Waals surface area contributed by atoms with Crippen molar-refractivity contribution in [1.29, 1.82) is 0 Å². The van der Waals surface area contributed by atoms with Crippen LogP contribution < -0.4 is 4.74 Å². The molecule has 2 aromatic rings. The zero-order valence-electron chi connectivity index (χ0n) is 14.2. The van der Waals surface area contributed by atoms with Crippen molar-refractivity contribution in [2.45, 2.75) is 39.5 Å². The molecule has 0 aliphatic carbocycles. The molecule has 0 aliphatic rings. The zero-order chi connectivity index (χ0) is 17.9. The fourth-order valence-electron chi connectivity index (χ4n) is 2.55. The van der Waals surface area contributed by atoms with E-state index in [9.17, 15) is 14.3 Å². The fraction of sp³-hybridized carbons (Fsp3) is 0.412. The number of benzene rings is 1. The van der Waals surface area contributed by atoms with Crippen molar-refractivity contribution < 1.29 is 19.0 Å². The minimum absolute atomic E-state index is 0.0180. The number of carboxylic acid groups (broad SMARTS) is 1. The third-order valence-electron chi connectivity index (χ3n) is 3.48. The fourth-order valence-corrected chi connectivity index (χ4v) is 2.55. The van der Waals surface area contributed by atoms with Gasteiger partial charge in [0.05, 0.1) is 18.2 Å². The summed E-state index contributed by atoms with van der Waals surface area (Å²) in [6, 6.07) is 3.14. The molecule has 2 N–H and O–H groups in total. The second kappa shape index (κ2) is 7.44. The van der Waals surface area contributed by atoms with Crippen LogP contribution in [-0.2, 0) is 11.3 Å². The van der Waals surface area contributed by atoms with Crippen LogP contribution in [-0.4, -0.2) is 39.1 Å². The topological polar surface area (TPSA) is 78.5 Å². The third-order valence-corrected chi connectivity index (χ3v) is 3.48. The molecule has 0 saturated heterocycles. The minimum Gasteiger partial charge on any atom is -0.491 e. The van der Waals surface area contributed by atoms with Crippen LogP contribution in [0.4, 0.5) is 4.39 Å². The van der Waals surface area contributed by atoms with E-state index in [0.29, 0.717) is 5.82 Å². The van der Waals surface area contributed by atoms with Crippen molar-refractivity contribution in [2.24, 2.45) is 0 Å². The van der Waals surface area contributed by atoms with Crippen LogP contribution in [0, 0.1) is 12.7 Å². The van der Waals surface area contributed by atoms with E-state index in [1.165, 1.54) is 17.0 Å². The van der Waals surface area contributed by atoms with Crippen LogP contribution in [0.5, 0.6) is 5.75 Å². The molecule has 7 heteroatoms. The Balaban J connectivity index is 2.38. The molecule has 1 atom stereocenters. The van der Waals surface area contributed by atoms with Crippen molar-refractivity contribution in [3.05, 3.63) is 47.3 Å². The number of ether oxygens (including phenoxy) is 1. The van der Waals surface area contributed by atoms with Crippen molar-refractivity contribution in [3.63, 3.8) is 0 Å². The van der Waals surface area contributed by atoms with Crippen LogP contribution in [0.3, 0.4) is 0 Å². The number of aryl methyl sites for hydroxylation is 1. The second-order valence-electron chi connectivity index (χ2n) is 5.99. The highest BCUT2D eigenvalue weighted by Crippen LogP contribution is 2.33. The lowest BCUT2D eigenvalue weighted by Crippen LogP contribution is -2.32. The first-order valence-electron chi connectivity index (χ1n) is 7.68. The number of imidazole rings is 1. The first-order chi connectivity index (χ1) is 11.3. The Morgan fingerprint density at radius 3 is 2.71 bits per heavy atom. The quantitative estimate of drug-likeness (QED) is 0.813. The molecule has 2 rings (SSSR count). The number of aliphatic carboxylic acids is 1. The summed E-state index contributed by atoms with van der Waals surface area (Å²) in [5, 5.41) is 9.67. The van der Waals surface area contributed by atoms with E-state index in [4.69, 9.17) is 4.74 Å². The number of likely N-dealkylation sites (N-methyl/N-ethyl adjacent to an activating group) is 1. The Bertz CT molecular complexity index is 715. The molecule has 1 heterocycles. The number of H-pyrrole nitrogens is 1. The minimum atomic E-state index is -1.19. The number of hydrogen-bond acceptors (Lipinski definition) is 4. The van der Waals surface area contributed by atoms with Crippen molar-refractivity contribution in [2.75, 3.05) is 7.05 Å². The summed E-state index contributed by atoms with van der Waals surface area (Å²) in [5.74, 6) is -0.911. The van der Waals surface area contributed by atoms with Gasteiger partial charge in [0.2, 0.25) is 0 Å². The first kappa shape index (κ1) is 17.9. The van der Waals surface area contributed by atoms with Crippen molar-refractivity contribution in [3.8, 4) is 5.75 Å². The van der Waals surface area contributed by atoms with Gasteiger partial charge in [-0.2, -0.15) is 0 Å². The van der Waals surface area contributed by atoms with Gasteiger partial charge in [-0.1, -0.05) is 6.07 Å². The molecule has 0 amide bonds. The van der Waals surface area contributed by atoms with Crippen LogP contribution in [0.2, 0.25) is 0 Å². The normalized spacial score (nSPS) is 12.6. The lowest BCUT2D eigenvalue weighted by molar-refractivity contribution is -0.143. The van der Waals surface area contributed by atoms with Gasteiger partial charge >= 0.3 is 5.97 Å². The van der Waals surface area contributed by atoms with Crippen LogP contribution in [0.15, 0.2) is 24.4 Å². The maximum atomic E-state index is 14.4. The summed E-state index contributed by atoms with van der Waals surface area (Å²) in [5.41, 5.74) is 0.893. The van der Waals surface area contributed by atoms with Gasteiger partial charge in [-0.3, -0.25) is 9.69 Å². The van der Waals surface area contributed by atoms with E-state index in [0.717, 1.165) is 5.69 Å². The Morgan fingerprint density at radius 1 is 1.46 bits per heavy atom. The standard InChI is InChI=1S/C17H22FN3O3/c1-10(2)24-13-7-5-6-12(18)15(13)16(17(22)23)21(4)9-14-19-8-11(3)20-14/h5-8,10,16H,9H2,1-4H3,(H,19,20)(H,22,23). The van der Waals surface area contributed by atoms with Gasteiger partial charge < -0.3 is 14.8 Å². The number of aromatic amines is 1. The van der Waals surface area contributed by atoms with Gasteiger partial charge in [-0.25, -0.2) is 9.37 Å². The molecule has 1 unspecified atom stereocenters. The molecule has 1 aromatic carbocycles. The Hall–Kier alpha value is -2.41. The monoisotopic (exact) mass is 335 g/mol. The average molecular weight is 335 g/mol. The third kappa shape index (κ3) is 4.11. The number of nitrogens with one attached hydrogen (secondary N) is 1. The Kier molecular flexibility index (Phi) is 5.56. The molecule has 6 nitrogen and oxygen atoms in total. The lowest BCUT2D eigenvalue weighted by atomic mass is 10.0. The number of halogens is 1. The van der Waals surface area contributed by atoms with Gasteiger partial charge in [0.15, 0.2) is 0 Å². The van der Waals surface area contributed by atoms with Crippen molar-refractivity contribution >= 4 is 5.97 Å². The number of hydrogen-bond donors (Lipinski definition) is 2. The maximum Gasteiger partial charge on any atom is 0.325 e. The number of carbonyl (C=O) groups is 1. The van der Waals surface area contributed by atoms with Gasteiger partial charge in [-0.15, -0.1) is 0 Å². The summed E-state index contributed by atoms with van der Waals surface area (Å²) < 4.78 is 20.0. The van der Waals surface area contributed by atoms with E-state index in [2.05, 4.69) is 9.97 Å². The number of aromatic nitrogens is 2. The van der Waals surface area contributed by atoms with Crippen LogP contribution >= 0.6 is 0 Å². The molecule has 0 radical (unpaired) electrons. The van der Waals surface area contributed by atoms with E-state index in [1.807, 2.05) is 6.92 Å². The van der Waals surface area contributed by atoms with Gasteiger partial charge in [0.1, 0.15) is 23.4 Å². The summed E-state index contributed by atoms with van der Waals surface area (Å²) in [7, 11) is 1.61. The number of rotatable bonds is 7. The zero-order valence-corrected chi connectivity index (χ0v) is 14.2. The summed E-state index contributed by atoms with van der Waals surface area (Å²) in [6.45, 7) is 5.70. The lowest BCUT2D eigenvalue weighted by Gasteiger charge is -2.26. The van der Waals surface area contributed by atoms with Crippen LogP contribution in [0.1, 0.15) is 37.0 Å². The SMILES string of the molecule is Cc1cnc(CN(C)C(C(=O)O)c2c(F)cccc2OC(C)C)[nH]1. The highest BCUT2D eigenvalue weighted by Gasteiger charge is 2.31. The van der Waals surface area contributed by atoms with E-state index < -0.39 is 17.8 Å². The van der Waals surface area contributed by atoms with Gasteiger partial charge in [0.25, 0.3) is 0 Å². The van der Waals surface area contributed by atoms with E-state index >= 15 is 0 Å². The predicted molar refractivity (Wildman–Crippen MR) is 87.3 cm³/mol. The average Bonchev–Trinajstić information content (AvgIpc) is 2.86. The Morgan fingerprint density at radius 2 is 2.17 bits per heavy atom. The molecular weight excluding hydrogens is 313 g/mol. The highest BCUT2D eigenvalue weighted by molar-refractivity contribution is 5.76. The Labute approximate surface area is 140 Å². The molecule has 1 aromatic heterocycles. The molecule has 0 bridgehead atoms. The van der Waals surface area contributed by atoms with Crippen LogP contribution in [0.25, 0.3) is 0 Å². The molecule has 0 fully saturated rings. The largest absolute Gasteiger partial charge is 0.491 e. The number of nitrogens with zero attached hydrogens (tertiary/aromatic N) is 2. The molecule has 0 spiro atoms. The molecule has 0 saturated carbocycles. The van der Waals surface area contributed by atoms with E-state index in [-0.39, 0.29) is 24.0 Å². The smallest absolute Gasteiger partial charge is 0.325 e. The van der Waals surface area contributed by atoms with Crippen molar-refractivity contribution in [1.82, 2.24) is 14.9 Å². The molecule has 24 heavy (non-hydrogen) atoms. The molecule has 130 valence electrons. The molecular formula is C17H22FN3O3. The maximum absolute atomic E-state index is 14.4. The predicted octanol–water partition coefficient (Wildman–Crippen LogP) is 2.90. The highest BCUT2D eigenvalue weighted by atomic mass is 19.1. The first-order valence-corrected chi connectivity index (χ1v) is 7.68. The summed E-state index contributed by atoms with van der Waals surface area (Å²) in [6.07, 6.45) is 1.47. The number of carboxylic acids is 1. The van der Waals surface area contributed by atoms with Gasteiger partial charge in [-0.05, 0) is 40.0 Å².